The van der Waals surface area contributed by atoms with Crippen molar-refractivity contribution >= 4 is 33.0 Å². The summed E-state index contributed by atoms with van der Waals surface area (Å²) in [6.45, 7) is 0.753. The summed E-state index contributed by atoms with van der Waals surface area (Å²) in [4.78, 5) is 8.45. The molecule has 0 spiro atoms. The second kappa shape index (κ2) is 6.15. The molecule has 0 atom stereocenters. The van der Waals surface area contributed by atoms with Crippen LogP contribution in [0.5, 0.6) is 0 Å². The fourth-order valence-electron chi connectivity index (χ4n) is 1.85. The number of anilines is 1. The van der Waals surface area contributed by atoms with Crippen LogP contribution in [0.15, 0.2) is 58.8 Å². The normalized spacial score (nSPS) is 10.4. The molecule has 0 radical (unpaired) electrons. The van der Waals surface area contributed by atoms with E-state index >= 15 is 0 Å². The van der Waals surface area contributed by atoms with Gasteiger partial charge in [-0.05, 0) is 51.8 Å². The van der Waals surface area contributed by atoms with Crippen molar-refractivity contribution in [1.29, 1.82) is 0 Å². The molecular weight excluding hydrogens is 334 g/mol. The van der Waals surface area contributed by atoms with Gasteiger partial charge in [0.1, 0.15) is 5.01 Å². The molecule has 20 heavy (non-hydrogen) atoms. The highest BCUT2D eigenvalue weighted by molar-refractivity contribution is 9.10. The van der Waals surface area contributed by atoms with Gasteiger partial charge in [0.15, 0.2) is 0 Å². The van der Waals surface area contributed by atoms with Crippen molar-refractivity contribution in [2.24, 2.45) is 0 Å². The molecule has 0 aliphatic heterocycles. The molecule has 0 saturated heterocycles. The lowest BCUT2D eigenvalue weighted by molar-refractivity contribution is 1.11. The number of nitrogens with one attached hydrogen (secondary N) is 1. The highest BCUT2D eigenvalue weighted by atomic mass is 79.9. The fraction of sp³-hybridized carbons (Fsp3) is 0.0667. The van der Waals surface area contributed by atoms with Gasteiger partial charge < -0.3 is 5.32 Å². The molecule has 3 aromatic rings. The Kier molecular flexibility index (Phi) is 4.08. The summed E-state index contributed by atoms with van der Waals surface area (Å²) < 4.78 is 0.996. The van der Waals surface area contributed by atoms with E-state index in [1.807, 2.05) is 17.8 Å². The van der Waals surface area contributed by atoms with Gasteiger partial charge in [0.25, 0.3) is 0 Å². The predicted molar refractivity (Wildman–Crippen MR) is 86.8 cm³/mol. The van der Waals surface area contributed by atoms with E-state index < -0.39 is 0 Å². The van der Waals surface area contributed by atoms with E-state index in [1.165, 1.54) is 0 Å². The van der Waals surface area contributed by atoms with Gasteiger partial charge in [0.2, 0.25) is 0 Å². The Morgan fingerprint density at radius 1 is 1.15 bits per heavy atom. The molecule has 2 heterocycles. The molecule has 3 rings (SSSR count). The van der Waals surface area contributed by atoms with Crippen LogP contribution in [-0.4, -0.2) is 9.97 Å². The first-order chi connectivity index (χ1) is 9.81. The maximum Gasteiger partial charge on any atom is 0.123 e. The maximum atomic E-state index is 4.30. The van der Waals surface area contributed by atoms with Crippen LogP contribution in [-0.2, 0) is 6.54 Å². The summed E-state index contributed by atoms with van der Waals surface area (Å²) in [6.07, 6.45) is 5.47. The van der Waals surface area contributed by atoms with Gasteiger partial charge in [0.05, 0.1) is 0 Å². The number of rotatable bonds is 4. The zero-order chi connectivity index (χ0) is 13.8. The molecule has 0 bridgehead atoms. The maximum absolute atomic E-state index is 4.30. The summed E-state index contributed by atoms with van der Waals surface area (Å²) in [5.41, 5.74) is 3.38. The number of benzene rings is 1. The number of hydrogen-bond acceptors (Lipinski definition) is 4. The molecule has 0 amide bonds. The zero-order valence-corrected chi connectivity index (χ0v) is 13.0. The van der Waals surface area contributed by atoms with E-state index in [-0.39, 0.29) is 0 Å². The Labute approximate surface area is 129 Å². The highest BCUT2D eigenvalue weighted by Gasteiger charge is 2.00. The molecule has 0 saturated carbocycles. The minimum absolute atomic E-state index is 0.753. The van der Waals surface area contributed by atoms with E-state index in [2.05, 4.69) is 61.5 Å². The third kappa shape index (κ3) is 3.23. The van der Waals surface area contributed by atoms with Crippen molar-refractivity contribution < 1.29 is 0 Å². The van der Waals surface area contributed by atoms with Gasteiger partial charge in [-0.2, -0.15) is 0 Å². The number of hydrogen-bond donors (Lipinski definition) is 1. The minimum Gasteiger partial charge on any atom is -0.381 e. The Morgan fingerprint density at radius 3 is 2.70 bits per heavy atom. The second-order valence-electron chi connectivity index (χ2n) is 4.28. The number of nitrogens with zero attached hydrogens (tertiary/aromatic N) is 2. The number of pyridine rings is 1. The van der Waals surface area contributed by atoms with Gasteiger partial charge >= 0.3 is 0 Å². The Morgan fingerprint density at radius 2 is 2.00 bits per heavy atom. The smallest absolute Gasteiger partial charge is 0.123 e. The van der Waals surface area contributed by atoms with Crippen LogP contribution < -0.4 is 5.32 Å². The standard InChI is InChI=1S/C15H12BrN3S/c16-13-7-11(8-17-10-13)9-19-14-3-1-12(2-4-14)15-18-5-6-20-15/h1-8,10,19H,9H2. The first-order valence-electron chi connectivity index (χ1n) is 6.14. The summed E-state index contributed by atoms with van der Waals surface area (Å²) in [5.74, 6) is 0. The molecule has 100 valence electrons. The molecule has 5 heteroatoms. The van der Waals surface area contributed by atoms with Crippen molar-refractivity contribution in [1.82, 2.24) is 9.97 Å². The highest BCUT2D eigenvalue weighted by Crippen LogP contribution is 2.23. The first-order valence-corrected chi connectivity index (χ1v) is 7.82. The van der Waals surface area contributed by atoms with Gasteiger partial charge in [-0.3, -0.25) is 4.98 Å². The molecular formula is C15H12BrN3S. The summed E-state index contributed by atoms with van der Waals surface area (Å²) >= 11 is 5.07. The van der Waals surface area contributed by atoms with Crippen LogP contribution in [0, 0.1) is 0 Å². The Balaban J connectivity index is 1.67. The van der Waals surface area contributed by atoms with Crippen LogP contribution in [0.2, 0.25) is 0 Å². The third-order valence-corrected chi connectivity index (χ3v) is 4.08. The third-order valence-electron chi connectivity index (χ3n) is 2.82. The lowest BCUT2D eigenvalue weighted by Crippen LogP contribution is -1.99. The fourth-order valence-corrected chi connectivity index (χ4v) is 2.91. The van der Waals surface area contributed by atoms with Gasteiger partial charge in [-0.1, -0.05) is 0 Å². The average molecular weight is 346 g/mol. The van der Waals surface area contributed by atoms with Crippen molar-refractivity contribution in [3.63, 3.8) is 0 Å². The van der Waals surface area contributed by atoms with E-state index in [9.17, 15) is 0 Å². The molecule has 0 aliphatic rings. The van der Waals surface area contributed by atoms with E-state index in [1.54, 1.807) is 17.5 Å². The van der Waals surface area contributed by atoms with E-state index in [0.29, 0.717) is 0 Å². The molecule has 1 aromatic carbocycles. The SMILES string of the molecule is Brc1cncc(CNc2ccc(-c3nccs3)cc2)c1. The van der Waals surface area contributed by atoms with Crippen molar-refractivity contribution in [3.8, 4) is 10.6 Å². The molecule has 0 aliphatic carbocycles. The molecule has 0 unspecified atom stereocenters. The number of aromatic nitrogens is 2. The average Bonchev–Trinajstić information content (AvgIpc) is 3.00. The number of halogens is 1. The first kappa shape index (κ1) is 13.3. The van der Waals surface area contributed by atoms with E-state index in [0.717, 1.165) is 32.8 Å². The van der Waals surface area contributed by atoms with Crippen LogP contribution in [0.25, 0.3) is 10.6 Å². The van der Waals surface area contributed by atoms with Gasteiger partial charge in [-0.25, -0.2) is 4.98 Å². The Bertz CT molecular complexity index is 681. The summed E-state index contributed by atoms with van der Waals surface area (Å²) in [5, 5.41) is 6.42. The lowest BCUT2D eigenvalue weighted by Gasteiger charge is -2.07. The van der Waals surface area contributed by atoms with Crippen molar-refractivity contribution in [2.75, 3.05) is 5.32 Å². The van der Waals surface area contributed by atoms with Crippen LogP contribution >= 0.6 is 27.3 Å². The number of thiazole rings is 1. The molecule has 2 aromatic heterocycles. The van der Waals surface area contributed by atoms with Crippen molar-refractivity contribution in [2.45, 2.75) is 6.54 Å². The predicted octanol–water partition coefficient (Wildman–Crippen LogP) is 4.58. The molecule has 0 fully saturated rings. The molecule has 1 N–H and O–H groups in total. The van der Waals surface area contributed by atoms with Gasteiger partial charge in [-0.15, -0.1) is 11.3 Å². The second-order valence-corrected chi connectivity index (χ2v) is 6.09. The van der Waals surface area contributed by atoms with E-state index in [4.69, 9.17) is 0 Å². The van der Waals surface area contributed by atoms with Crippen LogP contribution in [0.3, 0.4) is 0 Å². The lowest BCUT2D eigenvalue weighted by atomic mass is 10.2. The monoisotopic (exact) mass is 345 g/mol. The quantitative estimate of drug-likeness (QED) is 0.751. The largest absolute Gasteiger partial charge is 0.381 e. The minimum atomic E-state index is 0.753. The van der Waals surface area contributed by atoms with Crippen LogP contribution in [0.4, 0.5) is 5.69 Å². The molecule has 3 nitrogen and oxygen atoms in total. The van der Waals surface area contributed by atoms with Gasteiger partial charge in [0, 0.05) is 46.2 Å². The zero-order valence-electron chi connectivity index (χ0n) is 10.6. The summed E-state index contributed by atoms with van der Waals surface area (Å²) in [6, 6.07) is 10.4. The Hall–Kier alpha value is -1.72. The summed E-state index contributed by atoms with van der Waals surface area (Å²) in [7, 11) is 0. The topological polar surface area (TPSA) is 37.8 Å². The van der Waals surface area contributed by atoms with Crippen molar-refractivity contribution in [3.05, 3.63) is 64.3 Å². The van der Waals surface area contributed by atoms with Crippen LogP contribution in [0.1, 0.15) is 5.56 Å².